The van der Waals surface area contributed by atoms with E-state index in [1.165, 1.54) is 0 Å². The highest BCUT2D eigenvalue weighted by Gasteiger charge is 2.38. The Labute approximate surface area is 105 Å². The highest BCUT2D eigenvalue weighted by atomic mass is 19.4. The van der Waals surface area contributed by atoms with Crippen molar-refractivity contribution in [3.63, 3.8) is 0 Å². The molecule has 6 nitrogen and oxygen atoms in total. The molecular weight excluding hydrogens is 269 g/mol. The van der Waals surface area contributed by atoms with Gasteiger partial charge in [0.25, 0.3) is 0 Å². The molecule has 0 aliphatic carbocycles. The number of carbonyl (C=O) groups is 1. The van der Waals surface area contributed by atoms with Gasteiger partial charge in [0.1, 0.15) is 0 Å². The van der Waals surface area contributed by atoms with Gasteiger partial charge >= 0.3 is 12.3 Å². The second-order valence-electron chi connectivity index (χ2n) is 3.55. The summed E-state index contributed by atoms with van der Waals surface area (Å²) in [6.07, 6.45) is -7.07. The van der Waals surface area contributed by atoms with Crippen molar-refractivity contribution in [1.82, 2.24) is 4.98 Å². The normalized spacial score (nSPS) is 14.8. The van der Waals surface area contributed by atoms with Crippen molar-refractivity contribution in [2.75, 3.05) is 6.61 Å². The van der Waals surface area contributed by atoms with Crippen LogP contribution in [0.3, 0.4) is 0 Å². The van der Waals surface area contributed by atoms with Gasteiger partial charge in [-0.1, -0.05) is 0 Å². The maximum absolute atomic E-state index is 12.7. The third-order valence-corrected chi connectivity index (χ3v) is 2.27. The Morgan fingerprint density at radius 2 is 2.16 bits per heavy atom. The molecule has 0 unspecified atom stereocenters. The molecule has 1 heterocycles. The van der Waals surface area contributed by atoms with E-state index in [0.717, 1.165) is 18.3 Å². The van der Waals surface area contributed by atoms with Crippen LogP contribution in [-0.2, 0) is 10.9 Å². The number of rotatable bonds is 4. The molecule has 1 rings (SSSR count). The van der Waals surface area contributed by atoms with E-state index in [0.29, 0.717) is 0 Å². The van der Waals surface area contributed by atoms with Gasteiger partial charge in [-0.3, -0.25) is 4.98 Å². The van der Waals surface area contributed by atoms with Crippen LogP contribution in [0.4, 0.5) is 18.0 Å². The number of pyridine rings is 1. The minimum Gasteiger partial charge on any atom is -0.419 e. The van der Waals surface area contributed by atoms with Crippen LogP contribution in [-0.4, -0.2) is 34.2 Å². The number of ether oxygens (including phenoxy) is 1. The predicted octanol–water partition coefficient (Wildman–Crippen LogP) is 0.590. The van der Waals surface area contributed by atoms with Crippen LogP contribution >= 0.6 is 0 Å². The number of aromatic nitrogens is 1. The van der Waals surface area contributed by atoms with Gasteiger partial charge in [0.15, 0.2) is 0 Å². The summed E-state index contributed by atoms with van der Waals surface area (Å²) in [7, 11) is 0. The molecule has 2 atom stereocenters. The van der Waals surface area contributed by atoms with Crippen LogP contribution in [0.2, 0.25) is 0 Å². The zero-order chi connectivity index (χ0) is 14.6. The molecule has 0 radical (unpaired) electrons. The number of carbonyl (C=O) groups excluding carboxylic acids is 1. The molecule has 0 bridgehead atoms. The molecule has 4 N–H and O–H groups in total. The van der Waals surface area contributed by atoms with Crippen molar-refractivity contribution >= 4 is 6.09 Å². The lowest BCUT2D eigenvalue weighted by Gasteiger charge is -2.22. The molecule has 1 aromatic heterocycles. The molecule has 0 saturated carbocycles. The van der Waals surface area contributed by atoms with Gasteiger partial charge in [-0.25, -0.2) is 4.79 Å². The Morgan fingerprint density at radius 1 is 1.53 bits per heavy atom. The molecule has 0 aliphatic heterocycles. The lowest BCUT2D eigenvalue weighted by atomic mass is 10.00. The van der Waals surface area contributed by atoms with Crippen LogP contribution < -0.4 is 5.73 Å². The largest absolute Gasteiger partial charge is 0.419 e. The van der Waals surface area contributed by atoms with E-state index in [2.05, 4.69) is 15.5 Å². The maximum Gasteiger partial charge on any atom is 0.418 e. The second-order valence-corrected chi connectivity index (χ2v) is 3.55. The number of hydrogen-bond acceptors (Lipinski definition) is 5. The third-order valence-electron chi connectivity index (χ3n) is 2.27. The molecule has 0 aromatic carbocycles. The van der Waals surface area contributed by atoms with Crippen LogP contribution in [0.5, 0.6) is 0 Å². The van der Waals surface area contributed by atoms with E-state index >= 15 is 0 Å². The molecule has 0 aliphatic rings. The third kappa shape index (κ3) is 3.80. The summed E-state index contributed by atoms with van der Waals surface area (Å²) < 4.78 is 42.4. The summed E-state index contributed by atoms with van der Waals surface area (Å²) in [4.78, 5) is 13.9. The summed E-state index contributed by atoms with van der Waals surface area (Å²) in [5.74, 6) is -1.55. The molecule has 0 fully saturated rings. The standard InChI is InChI=1S/C10H11F3N2O4/c11-10(12,13)6-2-1-3-15-7(6)5(4-16)8(17)19-9(14)18/h1-3,5,8,16-17H,4H2,(H2,14,18)/t5-,8+/m0/s1. The summed E-state index contributed by atoms with van der Waals surface area (Å²) in [6.45, 7) is -0.908. The minimum atomic E-state index is -4.72. The number of nitrogens with zero attached hydrogens (tertiary/aromatic N) is 1. The number of halogens is 3. The van der Waals surface area contributed by atoms with Crippen molar-refractivity contribution in [3.05, 3.63) is 29.6 Å². The van der Waals surface area contributed by atoms with Gasteiger partial charge in [-0.2, -0.15) is 13.2 Å². The first-order chi connectivity index (χ1) is 8.77. The first kappa shape index (κ1) is 15.2. The Kier molecular flexibility index (Phi) is 4.67. The first-order valence-corrected chi connectivity index (χ1v) is 5.04. The maximum atomic E-state index is 12.7. The lowest BCUT2D eigenvalue weighted by Crippen LogP contribution is -2.32. The smallest absolute Gasteiger partial charge is 0.418 e. The van der Waals surface area contributed by atoms with E-state index < -0.39 is 42.3 Å². The topological polar surface area (TPSA) is 106 Å². The molecule has 0 saturated heterocycles. The van der Waals surface area contributed by atoms with E-state index in [1.807, 2.05) is 0 Å². The molecule has 1 aromatic rings. The minimum absolute atomic E-state index is 0.633. The zero-order valence-electron chi connectivity index (χ0n) is 9.46. The molecule has 9 heteroatoms. The van der Waals surface area contributed by atoms with Gasteiger partial charge in [0.05, 0.1) is 23.8 Å². The highest BCUT2D eigenvalue weighted by molar-refractivity contribution is 5.64. The van der Waals surface area contributed by atoms with Crippen molar-refractivity contribution in [3.8, 4) is 0 Å². The summed E-state index contributed by atoms with van der Waals surface area (Å²) in [5.41, 5.74) is 2.87. The fourth-order valence-corrected chi connectivity index (χ4v) is 1.47. The quantitative estimate of drug-likeness (QED) is 0.700. The fraction of sp³-hybridized carbons (Fsp3) is 0.400. The van der Waals surface area contributed by atoms with Gasteiger partial charge in [0.2, 0.25) is 6.29 Å². The molecular formula is C10H11F3N2O4. The van der Waals surface area contributed by atoms with E-state index in [9.17, 15) is 23.1 Å². The first-order valence-electron chi connectivity index (χ1n) is 5.04. The van der Waals surface area contributed by atoms with Crippen LogP contribution in [0.25, 0.3) is 0 Å². The molecule has 0 spiro atoms. The summed E-state index contributed by atoms with van der Waals surface area (Å²) in [6, 6.07) is 1.80. The highest BCUT2D eigenvalue weighted by Crippen LogP contribution is 2.35. The number of primary amides is 1. The van der Waals surface area contributed by atoms with Crippen LogP contribution in [0.1, 0.15) is 17.2 Å². The van der Waals surface area contributed by atoms with Crippen LogP contribution in [0, 0.1) is 0 Å². The second kappa shape index (κ2) is 5.85. The Hall–Kier alpha value is -1.87. The average molecular weight is 280 g/mol. The zero-order valence-corrected chi connectivity index (χ0v) is 9.46. The Bertz CT molecular complexity index is 453. The van der Waals surface area contributed by atoms with E-state index in [1.54, 1.807) is 0 Å². The SMILES string of the molecule is NC(=O)O[C@@H](O)[C@@H](CO)c1ncccc1C(F)(F)F. The number of aliphatic hydroxyl groups excluding tert-OH is 2. The van der Waals surface area contributed by atoms with Crippen molar-refractivity contribution < 1.29 is 32.9 Å². The van der Waals surface area contributed by atoms with Gasteiger partial charge < -0.3 is 20.7 Å². The number of alkyl halides is 3. The number of nitrogens with two attached hydrogens (primary N) is 1. The number of amides is 1. The van der Waals surface area contributed by atoms with E-state index in [-0.39, 0.29) is 0 Å². The van der Waals surface area contributed by atoms with Crippen molar-refractivity contribution in [2.45, 2.75) is 18.4 Å². The van der Waals surface area contributed by atoms with Gasteiger partial charge in [-0.05, 0) is 12.1 Å². The Morgan fingerprint density at radius 3 is 2.63 bits per heavy atom. The molecule has 1 amide bonds. The molecule has 106 valence electrons. The van der Waals surface area contributed by atoms with Crippen molar-refractivity contribution in [1.29, 1.82) is 0 Å². The van der Waals surface area contributed by atoms with Crippen LogP contribution in [0.15, 0.2) is 18.3 Å². The fourth-order valence-electron chi connectivity index (χ4n) is 1.47. The monoisotopic (exact) mass is 280 g/mol. The van der Waals surface area contributed by atoms with Gasteiger partial charge in [-0.15, -0.1) is 0 Å². The van der Waals surface area contributed by atoms with Crippen molar-refractivity contribution in [2.24, 2.45) is 5.73 Å². The predicted molar refractivity (Wildman–Crippen MR) is 55.7 cm³/mol. The number of hydrogen-bond donors (Lipinski definition) is 3. The summed E-state index contributed by atoms with van der Waals surface area (Å²) in [5, 5.41) is 18.5. The summed E-state index contributed by atoms with van der Waals surface area (Å²) >= 11 is 0. The van der Waals surface area contributed by atoms with E-state index in [4.69, 9.17) is 5.11 Å². The lowest BCUT2D eigenvalue weighted by molar-refractivity contribution is -0.140. The molecule has 19 heavy (non-hydrogen) atoms. The Balaban J connectivity index is 3.15. The number of aliphatic hydroxyl groups is 2. The van der Waals surface area contributed by atoms with Gasteiger partial charge in [0, 0.05) is 6.20 Å². The average Bonchev–Trinajstić information content (AvgIpc) is 2.28.